The lowest BCUT2D eigenvalue weighted by Gasteiger charge is -2.22. The maximum absolute atomic E-state index is 13.1. The Balaban J connectivity index is 1.61. The summed E-state index contributed by atoms with van der Waals surface area (Å²) >= 11 is 1.53. The Morgan fingerprint density at radius 3 is 2.54 bits per heavy atom. The van der Waals surface area contributed by atoms with Crippen molar-refractivity contribution in [3.8, 4) is 0 Å². The highest BCUT2D eigenvalue weighted by Crippen LogP contribution is 2.42. The van der Waals surface area contributed by atoms with Crippen LogP contribution in [0, 0.1) is 0 Å². The number of thioether (sulfide) groups is 1. The zero-order chi connectivity index (χ0) is 16.5. The Labute approximate surface area is 146 Å². The fraction of sp³-hybridized carbons (Fsp3) is 0.500. The molecule has 1 saturated heterocycles. The van der Waals surface area contributed by atoms with Gasteiger partial charge in [-0.3, -0.25) is 4.79 Å². The number of aromatic nitrogens is 3. The molecule has 1 aliphatic heterocycles. The topological polar surface area (TPSA) is 51.0 Å². The lowest BCUT2D eigenvalue weighted by atomic mass is 10.1. The summed E-state index contributed by atoms with van der Waals surface area (Å²) in [7, 11) is 2.01. The molecule has 1 atom stereocenters. The van der Waals surface area contributed by atoms with Crippen molar-refractivity contribution in [1.29, 1.82) is 0 Å². The molecule has 24 heavy (non-hydrogen) atoms. The van der Waals surface area contributed by atoms with Crippen LogP contribution in [0.25, 0.3) is 0 Å². The van der Waals surface area contributed by atoms with Crippen LogP contribution in [0.1, 0.15) is 48.2 Å². The van der Waals surface area contributed by atoms with E-state index in [4.69, 9.17) is 0 Å². The molecule has 1 saturated carbocycles. The van der Waals surface area contributed by atoms with Crippen molar-refractivity contribution in [3.63, 3.8) is 0 Å². The van der Waals surface area contributed by atoms with Crippen LogP contribution >= 0.6 is 11.8 Å². The molecule has 1 aromatic carbocycles. The van der Waals surface area contributed by atoms with Gasteiger partial charge in [-0.2, -0.15) is 0 Å². The van der Waals surface area contributed by atoms with Gasteiger partial charge >= 0.3 is 0 Å². The Morgan fingerprint density at radius 2 is 1.88 bits per heavy atom. The fourth-order valence-corrected chi connectivity index (χ4v) is 4.32. The highest BCUT2D eigenvalue weighted by Gasteiger charge is 2.33. The Hall–Kier alpha value is -1.82. The van der Waals surface area contributed by atoms with E-state index in [1.54, 1.807) is 0 Å². The van der Waals surface area contributed by atoms with Gasteiger partial charge in [-0.15, -0.1) is 10.2 Å². The molecule has 0 radical (unpaired) electrons. The van der Waals surface area contributed by atoms with Crippen LogP contribution in [-0.4, -0.2) is 38.7 Å². The minimum atomic E-state index is -0.251. The maximum atomic E-state index is 13.1. The highest BCUT2D eigenvalue weighted by molar-refractivity contribution is 8.00. The largest absolute Gasteiger partial charge is 0.341 e. The number of rotatable bonds is 5. The highest BCUT2D eigenvalue weighted by atomic mass is 32.2. The number of likely N-dealkylation sites (tertiary alicyclic amines) is 1. The Bertz CT molecular complexity index is 720. The van der Waals surface area contributed by atoms with Gasteiger partial charge in [0.1, 0.15) is 11.1 Å². The monoisotopic (exact) mass is 342 g/mol. The predicted molar refractivity (Wildman–Crippen MR) is 93.8 cm³/mol. The van der Waals surface area contributed by atoms with E-state index >= 15 is 0 Å². The quantitative estimate of drug-likeness (QED) is 0.783. The van der Waals surface area contributed by atoms with Crippen LogP contribution in [-0.2, 0) is 11.8 Å². The van der Waals surface area contributed by atoms with Gasteiger partial charge in [0.25, 0.3) is 0 Å². The third-order valence-electron chi connectivity index (χ3n) is 4.78. The lowest BCUT2D eigenvalue weighted by molar-refractivity contribution is -0.129. The van der Waals surface area contributed by atoms with Gasteiger partial charge in [0.15, 0.2) is 5.16 Å². The smallest absolute Gasteiger partial charge is 0.240 e. The van der Waals surface area contributed by atoms with Gasteiger partial charge in [0.2, 0.25) is 5.91 Å². The van der Waals surface area contributed by atoms with E-state index in [2.05, 4.69) is 14.8 Å². The molecule has 2 heterocycles. The van der Waals surface area contributed by atoms with Gasteiger partial charge < -0.3 is 9.47 Å². The van der Waals surface area contributed by atoms with Crippen molar-refractivity contribution in [3.05, 3.63) is 41.7 Å². The Kier molecular flexibility index (Phi) is 4.31. The number of hydrogen-bond donors (Lipinski definition) is 0. The van der Waals surface area contributed by atoms with Crippen LogP contribution in [0.2, 0.25) is 0 Å². The number of hydrogen-bond acceptors (Lipinski definition) is 4. The molecule has 0 N–H and O–H groups in total. The standard InChI is InChI=1S/C18H22N4OS/c1-21-16(14-9-10-14)19-20-18(21)24-15(13-7-3-2-4-8-13)17(23)22-11-5-6-12-22/h2-4,7-8,14-15H,5-6,9-12H2,1H3/t15-/m0/s1. The second kappa shape index (κ2) is 6.59. The fourth-order valence-electron chi connectivity index (χ4n) is 3.22. The summed E-state index contributed by atoms with van der Waals surface area (Å²) in [6.07, 6.45) is 4.61. The summed E-state index contributed by atoms with van der Waals surface area (Å²) in [5, 5.41) is 9.29. The minimum absolute atomic E-state index is 0.194. The zero-order valence-electron chi connectivity index (χ0n) is 13.9. The van der Waals surface area contributed by atoms with Gasteiger partial charge in [-0.05, 0) is 31.2 Å². The average Bonchev–Trinajstić information content (AvgIpc) is 3.17. The van der Waals surface area contributed by atoms with E-state index in [1.807, 2.05) is 42.3 Å². The van der Waals surface area contributed by atoms with E-state index in [0.717, 1.165) is 42.5 Å². The van der Waals surface area contributed by atoms with Crippen molar-refractivity contribution in [1.82, 2.24) is 19.7 Å². The molecule has 1 aliphatic carbocycles. The summed E-state index contributed by atoms with van der Waals surface area (Å²) in [5.74, 6) is 1.80. The molecule has 2 aromatic rings. The number of carbonyl (C=O) groups excluding carboxylic acids is 1. The molecule has 6 heteroatoms. The number of carbonyl (C=O) groups is 1. The van der Waals surface area contributed by atoms with Crippen molar-refractivity contribution >= 4 is 17.7 Å². The molecule has 5 nitrogen and oxygen atoms in total. The molecule has 2 aliphatic rings. The van der Waals surface area contributed by atoms with Gasteiger partial charge in [-0.1, -0.05) is 42.1 Å². The normalized spacial score (nSPS) is 18.8. The van der Waals surface area contributed by atoms with Crippen LogP contribution in [0.5, 0.6) is 0 Å². The lowest BCUT2D eigenvalue weighted by Crippen LogP contribution is -2.31. The van der Waals surface area contributed by atoms with Crippen LogP contribution in [0.4, 0.5) is 0 Å². The maximum Gasteiger partial charge on any atom is 0.240 e. The average molecular weight is 342 g/mol. The summed E-state index contributed by atoms with van der Waals surface area (Å²) < 4.78 is 2.07. The van der Waals surface area contributed by atoms with E-state index < -0.39 is 0 Å². The molecule has 0 spiro atoms. The summed E-state index contributed by atoms with van der Waals surface area (Å²) in [4.78, 5) is 15.1. The van der Waals surface area contributed by atoms with E-state index in [-0.39, 0.29) is 11.2 Å². The zero-order valence-corrected chi connectivity index (χ0v) is 14.7. The minimum Gasteiger partial charge on any atom is -0.341 e. The third-order valence-corrected chi connectivity index (χ3v) is 6.05. The molecule has 126 valence electrons. The molecule has 4 rings (SSSR count). The van der Waals surface area contributed by atoms with Crippen LogP contribution < -0.4 is 0 Å². The molecular formula is C18H22N4OS. The van der Waals surface area contributed by atoms with Crippen molar-refractivity contribution < 1.29 is 4.79 Å². The summed E-state index contributed by atoms with van der Waals surface area (Å²) in [5.41, 5.74) is 1.04. The second-order valence-electron chi connectivity index (χ2n) is 6.62. The van der Waals surface area contributed by atoms with E-state index in [9.17, 15) is 4.79 Å². The van der Waals surface area contributed by atoms with Gasteiger partial charge in [0, 0.05) is 26.1 Å². The van der Waals surface area contributed by atoms with E-state index in [0.29, 0.717) is 5.92 Å². The SMILES string of the molecule is Cn1c(S[C@H](C(=O)N2CCCC2)c2ccccc2)nnc1C1CC1. The van der Waals surface area contributed by atoms with E-state index in [1.165, 1.54) is 24.6 Å². The number of benzene rings is 1. The van der Waals surface area contributed by atoms with Crippen LogP contribution in [0.3, 0.4) is 0 Å². The molecule has 1 aromatic heterocycles. The van der Waals surface area contributed by atoms with Crippen molar-refractivity contribution in [2.24, 2.45) is 7.05 Å². The third kappa shape index (κ3) is 3.07. The van der Waals surface area contributed by atoms with Crippen molar-refractivity contribution in [2.75, 3.05) is 13.1 Å². The molecule has 0 unspecified atom stereocenters. The first-order valence-electron chi connectivity index (χ1n) is 8.63. The molecule has 0 bridgehead atoms. The van der Waals surface area contributed by atoms with Gasteiger partial charge in [-0.25, -0.2) is 0 Å². The number of nitrogens with zero attached hydrogens (tertiary/aromatic N) is 4. The van der Waals surface area contributed by atoms with Crippen LogP contribution in [0.15, 0.2) is 35.5 Å². The second-order valence-corrected chi connectivity index (χ2v) is 7.69. The first-order valence-corrected chi connectivity index (χ1v) is 9.51. The summed E-state index contributed by atoms with van der Waals surface area (Å²) in [6.45, 7) is 1.74. The molecular weight excluding hydrogens is 320 g/mol. The van der Waals surface area contributed by atoms with Gasteiger partial charge in [0.05, 0.1) is 0 Å². The summed E-state index contributed by atoms with van der Waals surface area (Å²) in [6, 6.07) is 10.0. The predicted octanol–water partition coefficient (Wildman–Crippen LogP) is 3.15. The number of amides is 1. The first-order chi connectivity index (χ1) is 11.7. The molecule has 1 amide bonds. The van der Waals surface area contributed by atoms with Crippen molar-refractivity contribution in [2.45, 2.75) is 42.0 Å². The Morgan fingerprint density at radius 1 is 1.17 bits per heavy atom. The molecule has 2 fully saturated rings. The first kappa shape index (κ1) is 15.7.